The first kappa shape index (κ1) is 9.86. The zero-order valence-corrected chi connectivity index (χ0v) is 10.2. The molecule has 0 amide bonds. The molecule has 1 aromatic heterocycles. The van der Waals surface area contributed by atoms with Gasteiger partial charge in [-0.2, -0.15) is 0 Å². The lowest BCUT2D eigenvalue weighted by atomic mass is 10.1. The molecule has 0 bridgehead atoms. The fourth-order valence-electron chi connectivity index (χ4n) is 1.19. The van der Waals surface area contributed by atoms with Crippen LogP contribution in [0.4, 0.5) is 0 Å². The Labute approximate surface area is 99.9 Å². The van der Waals surface area contributed by atoms with E-state index in [9.17, 15) is 4.79 Å². The van der Waals surface area contributed by atoms with Crippen LogP contribution in [0.1, 0.15) is 15.2 Å². The number of thiophene rings is 1. The van der Waals surface area contributed by atoms with Crippen LogP contribution in [-0.4, -0.2) is 5.78 Å². The maximum atomic E-state index is 11.9. The van der Waals surface area contributed by atoms with E-state index in [1.807, 2.05) is 41.8 Å². The topological polar surface area (TPSA) is 17.1 Å². The minimum absolute atomic E-state index is 0.116. The molecule has 1 aromatic carbocycles. The zero-order valence-electron chi connectivity index (χ0n) is 7.24. The second-order valence-corrected chi connectivity index (χ2v) is 4.90. The highest BCUT2D eigenvalue weighted by Crippen LogP contribution is 2.19. The fraction of sp³-hybridized carbons (Fsp3) is 0. The van der Waals surface area contributed by atoms with Crippen molar-refractivity contribution >= 4 is 39.7 Å². The van der Waals surface area contributed by atoms with E-state index in [1.54, 1.807) is 0 Å². The summed E-state index contributed by atoms with van der Waals surface area (Å²) in [6, 6.07) is 11.4. The summed E-state index contributed by atoms with van der Waals surface area (Å²) in [7, 11) is 0. The third kappa shape index (κ3) is 1.88. The SMILES string of the molecule is O=C(c1cccs1)c1ccccc1I. The summed E-state index contributed by atoms with van der Waals surface area (Å²) in [4.78, 5) is 12.7. The number of carbonyl (C=O) groups is 1. The summed E-state index contributed by atoms with van der Waals surface area (Å²) in [5.74, 6) is 0.116. The Bertz CT molecular complexity index is 448. The standard InChI is InChI=1S/C11H7IOS/c12-9-5-2-1-4-8(9)11(13)10-6-3-7-14-10/h1-7H. The van der Waals surface area contributed by atoms with Crippen molar-refractivity contribution in [1.82, 2.24) is 0 Å². The molecule has 70 valence electrons. The molecule has 0 saturated heterocycles. The Morgan fingerprint density at radius 1 is 1.14 bits per heavy atom. The molecule has 3 heteroatoms. The summed E-state index contributed by atoms with van der Waals surface area (Å²) < 4.78 is 1.00. The number of benzene rings is 1. The van der Waals surface area contributed by atoms with Crippen LogP contribution in [0.25, 0.3) is 0 Å². The van der Waals surface area contributed by atoms with Crippen molar-refractivity contribution in [3.8, 4) is 0 Å². The number of ketones is 1. The highest BCUT2D eigenvalue weighted by Gasteiger charge is 2.11. The van der Waals surface area contributed by atoms with E-state index >= 15 is 0 Å². The summed E-state index contributed by atoms with van der Waals surface area (Å²) in [6.07, 6.45) is 0. The predicted octanol–water partition coefficient (Wildman–Crippen LogP) is 3.58. The van der Waals surface area contributed by atoms with Crippen molar-refractivity contribution in [3.63, 3.8) is 0 Å². The van der Waals surface area contributed by atoms with E-state index in [1.165, 1.54) is 11.3 Å². The molecule has 0 saturated carbocycles. The molecule has 0 N–H and O–H groups in total. The number of hydrogen-bond acceptors (Lipinski definition) is 2. The molecule has 2 aromatic rings. The van der Waals surface area contributed by atoms with Crippen molar-refractivity contribution in [2.24, 2.45) is 0 Å². The van der Waals surface area contributed by atoms with Crippen LogP contribution in [0.3, 0.4) is 0 Å². The van der Waals surface area contributed by atoms with Gasteiger partial charge >= 0.3 is 0 Å². The van der Waals surface area contributed by atoms with E-state index in [2.05, 4.69) is 22.6 Å². The molecular weight excluding hydrogens is 307 g/mol. The quantitative estimate of drug-likeness (QED) is 0.612. The molecule has 0 aliphatic carbocycles. The zero-order chi connectivity index (χ0) is 9.97. The Kier molecular flexibility index (Phi) is 2.98. The summed E-state index contributed by atoms with van der Waals surface area (Å²) in [5.41, 5.74) is 0.788. The Balaban J connectivity index is 2.42. The third-order valence-electron chi connectivity index (χ3n) is 1.86. The summed E-state index contributed by atoms with van der Waals surface area (Å²) in [6.45, 7) is 0. The minimum atomic E-state index is 0.116. The summed E-state index contributed by atoms with van der Waals surface area (Å²) >= 11 is 3.67. The largest absolute Gasteiger partial charge is 0.288 e. The van der Waals surface area contributed by atoms with E-state index < -0.39 is 0 Å². The van der Waals surface area contributed by atoms with Gasteiger partial charge in [0.2, 0.25) is 5.78 Å². The van der Waals surface area contributed by atoms with Crippen LogP contribution in [0.5, 0.6) is 0 Å². The van der Waals surface area contributed by atoms with Gasteiger partial charge < -0.3 is 0 Å². The molecule has 0 aliphatic rings. The van der Waals surface area contributed by atoms with Gasteiger partial charge in [-0.1, -0.05) is 18.2 Å². The maximum Gasteiger partial charge on any atom is 0.204 e. The van der Waals surface area contributed by atoms with Gasteiger partial charge in [-0.3, -0.25) is 4.79 Å². The lowest BCUT2D eigenvalue weighted by Gasteiger charge is -2.00. The lowest BCUT2D eigenvalue weighted by Crippen LogP contribution is -2.00. The molecule has 0 spiro atoms. The predicted molar refractivity (Wildman–Crippen MR) is 66.9 cm³/mol. The molecule has 0 unspecified atom stereocenters. The fourth-order valence-corrected chi connectivity index (χ4v) is 2.50. The average Bonchev–Trinajstić information content (AvgIpc) is 2.70. The molecule has 0 radical (unpaired) electrons. The average molecular weight is 314 g/mol. The van der Waals surface area contributed by atoms with Crippen LogP contribution in [-0.2, 0) is 0 Å². The van der Waals surface area contributed by atoms with Gasteiger partial charge in [0.25, 0.3) is 0 Å². The molecule has 14 heavy (non-hydrogen) atoms. The first-order valence-electron chi connectivity index (χ1n) is 4.12. The second-order valence-electron chi connectivity index (χ2n) is 2.79. The monoisotopic (exact) mass is 314 g/mol. The molecule has 0 atom stereocenters. The highest BCUT2D eigenvalue weighted by molar-refractivity contribution is 14.1. The molecule has 0 fully saturated rings. The van der Waals surface area contributed by atoms with E-state index in [-0.39, 0.29) is 5.78 Å². The smallest absolute Gasteiger partial charge is 0.204 e. The van der Waals surface area contributed by atoms with Gasteiger partial charge in [0.15, 0.2) is 0 Å². The second kappa shape index (κ2) is 4.23. The molecule has 1 heterocycles. The number of rotatable bonds is 2. The van der Waals surface area contributed by atoms with Gasteiger partial charge in [0.05, 0.1) is 4.88 Å². The number of hydrogen-bond donors (Lipinski definition) is 0. The van der Waals surface area contributed by atoms with Crippen molar-refractivity contribution in [3.05, 3.63) is 55.8 Å². The van der Waals surface area contributed by atoms with Gasteiger partial charge in [-0.25, -0.2) is 0 Å². The van der Waals surface area contributed by atoms with Gasteiger partial charge in [-0.15, -0.1) is 11.3 Å². The molecular formula is C11H7IOS. The van der Waals surface area contributed by atoms with Crippen LogP contribution in [0.15, 0.2) is 41.8 Å². The first-order valence-corrected chi connectivity index (χ1v) is 6.07. The van der Waals surface area contributed by atoms with Crippen LogP contribution >= 0.6 is 33.9 Å². The molecule has 1 nitrogen and oxygen atoms in total. The first-order chi connectivity index (χ1) is 6.79. The lowest BCUT2D eigenvalue weighted by molar-refractivity contribution is 0.104. The van der Waals surface area contributed by atoms with Gasteiger partial charge in [-0.05, 0) is 46.2 Å². The van der Waals surface area contributed by atoms with Crippen molar-refractivity contribution in [1.29, 1.82) is 0 Å². The van der Waals surface area contributed by atoms with Crippen LogP contribution in [0.2, 0.25) is 0 Å². The van der Waals surface area contributed by atoms with Gasteiger partial charge in [0.1, 0.15) is 0 Å². The Morgan fingerprint density at radius 3 is 2.57 bits per heavy atom. The normalized spacial score (nSPS) is 10.1. The number of carbonyl (C=O) groups excluding carboxylic acids is 1. The molecule has 0 aliphatic heterocycles. The Hall–Kier alpha value is -0.680. The van der Waals surface area contributed by atoms with Gasteiger partial charge in [0, 0.05) is 9.13 Å². The van der Waals surface area contributed by atoms with E-state index in [4.69, 9.17) is 0 Å². The third-order valence-corrected chi connectivity index (χ3v) is 3.67. The van der Waals surface area contributed by atoms with Crippen molar-refractivity contribution < 1.29 is 4.79 Å². The highest BCUT2D eigenvalue weighted by atomic mass is 127. The minimum Gasteiger partial charge on any atom is -0.288 e. The van der Waals surface area contributed by atoms with E-state index in [0.29, 0.717) is 0 Å². The number of halogens is 1. The summed E-state index contributed by atoms with van der Waals surface area (Å²) in [5, 5.41) is 1.92. The van der Waals surface area contributed by atoms with Crippen molar-refractivity contribution in [2.75, 3.05) is 0 Å². The Morgan fingerprint density at radius 2 is 1.93 bits per heavy atom. The van der Waals surface area contributed by atoms with Crippen molar-refractivity contribution in [2.45, 2.75) is 0 Å². The van der Waals surface area contributed by atoms with E-state index in [0.717, 1.165) is 14.0 Å². The van der Waals surface area contributed by atoms with Crippen LogP contribution < -0.4 is 0 Å². The maximum absolute atomic E-state index is 11.9. The van der Waals surface area contributed by atoms with Crippen LogP contribution in [0, 0.1) is 3.57 Å². The molecule has 2 rings (SSSR count).